The Morgan fingerprint density at radius 1 is 1.00 bits per heavy atom. The molecule has 0 aromatic heterocycles. The zero-order valence-corrected chi connectivity index (χ0v) is 18.1. The number of rotatable bonds is 3. The number of fused-ring (bicyclic) bond motifs is 1. The Kier molecular flexibility index (Phi) is 5.26. The van der Waals surface area contributed by atoms with Crippen LogP contribution < -0.4 is 4.90 Å². The topological polar surface area (TPSA) is 32.8 Å². The molecular formula is C25H32N2O2. The molecule has 2 aliphatic rings. The van der Waals surface area contributed by atoms with Crippen LogP contribution in [0.1, 0.15) is 43.9 Å². The molecule has 0 bridgehead atoms. The van der Waals surface area contributed by atoms with E-state index in [1.54, 1.807) is 0 Å². The molecule has 2 aromatic carbocycles. The number of anilines is 1. The van der Waals surface area contributed by atoms with Crippen molar-refractivity contribution in [2.45, 2.75) is 45.1 Å². The van der Waals surface area contributed by atoms with Crippen LogP contribution in [0.25, 0.3) is 0 Å². The molecule has 0 spiro atoms. The van der Waals surface area contributed by atoms with Crippen molar-refractivity contribution in [3.05, 3.63) is 65.2 Å². The first-order chi connectivity index (χ1) is 13.8. The number of nitrogens with zero attached hydrogens (tertiary/aromatic N) is 2. The molecule has 29 heavy (non-hydrogen) atoms. The summed E-state index contributed by atoms with van der Waals surface area (Å²) in [5, 5.41) is 0. The summed E-state index contributed by atoms with van der Waals surface area (Å²) < 4.78 is 5.44. The smallest absolute Gasteiger partial charge is 0.241 e. The third-order valence-electron chi connectivity index (χ3n) is 6.53. The first-order valence-corrected chi connectivity index (χ1v) is 10.6. The van der Waals surface area contributed by atoms with E-state index < -0.39 is 0 Å². The van der Waals surface area contributed by atoms with E-state index >= 15 is 0 Å². The molecule has 0 N–H and O–H groups in total. The Bertz CT molecular complexity index is 884. The maximum atomic E-state index is 13.5. The first-order valence-electron chi connectivity index (χ1n) is 10.6. The van der Waals surface area contributed by atoms with E-state index in [9.17, 15) is 4.79 Å². The standard InChI is InChI=1S/C25H32N2O2/c1-19-9-11-20(12-10-19)25(4)18-24(2,3)27(22-8-6-5-7-21(22)25)23(28)17-26-13-15-29-16-14-26/h5-12H,13-18H2,1-4H3. The number of ether oxygens (including phenoxy) is 1. The monoisotopic (exact) mass is 392 g/mol. The van der Waals surface area contributed by atoms with Gasteiger partial charge in [-0.05, 0) is 44.4 Å². The molecule has 0 aliphatic carbocycles. The van der Waals surface area contributed by atoms with Crippen LogP contribution in [0.2, 0.25) is 0 Å². The van der Waals surface area contributed by atoms with Crippen LogP contribution in [0.4, 0.5) is 5.69 Å². The Labute approximate surface area is 174 Å². The molecule has 1 unspecified atom stereocenters. The number of carbonyl (C=O) groups excluding carboxylic acids is 1. The Balaban J connectivity index is 1.73. The minimum Gasteiger partial charge on any atom is -0.379 e. The summed E-state index contributed by atoms with van der Waals surface area (Å²) >= 11 is 0. The summed E-state index contributed by atoms with van der Waals surface area (Å²) in [6.45, 7) is 12.4. The molecule has 154 valence electrons. The highest BCUT2D eigenvalue weighted by atomic mass is 16.5. The van der Waals surface area contributed by atoms with Crippen molar-refractivity contribution >= 4 is 11.6 Å². The average Bonchev–Trinajstić information content (AvgIpc) is 2.68. The van der Waals surface area contributed by atoms with Crippen molar-refractivity contribution < 1.29 is 9.53 Å². The van der Waals surface area contributed by atoms with E-state index in [4.69, 9.17) is 4.74 Å². The van der Waals surface area contributed by atoms with Gasteiger partial charge in [-0.1, -0.05) is 55.0 Å². The fourth-order valence-corrected chi connectivity index (χ4v) is 5.17. The predicted octanol–water partition coefficient (Wildman–Crippen LogP) is 4.15. The summed E-state index contributed by atoms with van der Waals surface area (Å²) in [4.78, 5) is 17.7. The van der Waals surface area contributed by atoms with Crippen molar-refractivity contribution in [3.63, 3.8) is 0 Å². The molecule has 2 aliphatic heterocycles. The maximum Gasteiger partial charge on any atom is 0.241 e. The van der Waals surface area contributed by atoms with Gasteiger partial charge in [0.2, 0.25) is 5.91 Å². The van der Waals surface area contributed by atoms with Gasteiger partial charge in [0.05, 0.1) is 19.8 Å². The number of hydrogen-bond donors (Lipinski definition) is 0. The second kappa shape index (κ2) is 7.58. The highest BCUT2D eigenvalue weighted by Crippen LogP contribution is 2.50. The SMILES string of the molecule is Cc1ccc(C2(C)CC(C)(C)N(C(=O)CN3CCOCC3)c3ccccc32)cc1. The van der Waals surface area contributed by atoms with E-state index in [0.717, 1.165) is 25.2 Å². The van der Waals surface area contributed by atoms with Gasteiger partial charge in [0.25, 0.3) is 0 Å². The average molecular weight is 393 g/mol. The van der Waals surface area contributed by atoms with Gasteiger partial charge in [0.15, 0.2) is 0 Å². The van der Waals surface area contributed by atoms with Gasteiger partial charge in [0.1, 0.15) is 0 Å². The molecule has 1 fully saturated rings. The predicted molar refractivity (Wildman–Crippen MR) is 118 cm³/mol. The zero-order chi connectivity index (χ0) is 20.6. The molecule has 0 saturated carbocycles. The van der Waals surface area contributed by atoms with Crippen LogP contribution in [-0.2, 0) is 14.9 Å². The minimum absolute atomic E-state index is 0.135. The van der Waals surface area contributed by atoms with Gasteiger partial charge in [-0.15, -0.1) is 0 Å². The van der Waals surface area contributed by atoms with Crippen molar-refractivity contribution in [1.82, 2.24) is 4.90 Å². The maximum absolute atomic E-state index is 13.5. The molecular weight excluding hydrogens is 360 g/mol. The molecule has 2 heterocycles. The number of morpholine rings is 1. The molecule has 2 aromatic rings. The lowest BCUT2D eigenvalue weighted by atomic mass is 9.65. The lowest BCUT2D eigenvalue weighted by Crippen LogP contribution is -2.58. The van der Waals surface area contributed by atoms with Crippen molar-refractivity contribution in [2.75, 3.05) is 37.7 Å². The molecule has 1 atom stereocenters. The summed E-state index contributed by atoms with van der Waals surface area (Å²) in [6.07, 6.45) is 0.884. The van der Waals surface area contributed by atoms with Crippen LogP contribution in [0.15, 0.2) is 48.5 Å². The third kappa shape index (κ3) is 3.72. The lowest BCUT2D eigenvalue weighted by molar-refractivity contribution is -0.122. The quantitative estimate of drug-likeness (QED) is 0.787. The second-order valence-corrected chi connectivity index (χ2v) is 9.32. The molecule has 1 saturated heterocycles. The van der Waals surface area contributed by atoms with Crippen molar-refractivity contribution in [1.29, 1.82) is 0 Å². The third-order valence-corrected chi connectivity index (χ3v) is 6.53. The Morgan fingerprint density at radius 3 is 2.34 bits per heavy atom. The van der Waals surface area contributed by atoms with Gasteiger partial charge < -0.3 is 9.64 Å². The highest BCUT2D eigenvalue weighted by molar-refractivity contribution is 5.98. The summed E-state index contributed by atoms with van der Waals surface area (Å²) in [5.41, 5.74) is 4.44. The number of benzene rings is 2. The Hall–Kier alpha value is -2.17. The number of para-hydroxylation sites is 1. The minimum atomic E-state index is -0.280. The van der Waals surface area contributed by atoms with Crippen molar-refractivity contribution in [3.8, 4) is 0 Å². The van der Waals surface area contributed by atoms with E-state index in [-0.39, 0.29) is 16.9 Å². The van der Waals surface area contributed by atoms with Crippen LogP contribution in [0, 0.1) is 6.92 Å². The molecule has 1 amide bonds. The lowest BCUT2D eigenvalue weighted by Gasteiger charge is -2.51. The van der Waals surface area contributed by atoms with Crippen molar-refractivity contribution in [2.24, 2.45) is 0 Å². The van der Waals surface area contributed by atoms with E-state index in [1.165, 1.54) is 16.7 Å². The number of amides is 1. The second-order valence-electron chi connectivity index (χ2n) is 9.32. The van der Waals surface area contributed by atoms with Crippen LogP contribution in [0.5, 0.6) is 0 Å². The van der Waals surface area contributed by atoms with Crippen LogP contribution >= 0.6 is 0 Å². The van der Waals surface area contributed by atoms with Gasteiger partial charge in [-0.2, -0.15) is 0 Å². The van der Waals surface area contributed by atoms with Crippen LogP contribution in [-0.4, -0.2) is 49.2 Å². The first kappa shape index (κ1) is 20.1. The zero-order valence-electron chi connectivity index (χ0n) is 18.1. The van der Waals surface area contributed by atoms with E-state index in [2.05, 4.69) is 75.1 Å². The van der Waals surface area contributed by atoms with Gasteiger partial charge in [-0.3, -0.25) is 9.69 Å². The van der Waals surface area contributed by atoms with Gasteiger partial charge in [-0.25, -0.2) is 0 Å². The molecule has 4 heteroatoms. The summed E-state index contributed by atoms with van der Waals surface area (Å²) in [7, 11) is 0. The van der Waals surface area contributed by atoms with E-state index in [0.29, 0.717) is 19.8 Å². The highest BCUT2D eigenvalue weighted by Gasteiger charge is 2.47. The number of aryl methyl sites for hydroxylation is 1. The molecule has 0 radical (unpaired) electrons. The van der Waals surface area contributed by atoms with Gasteiger partial charge >= 0.3 is 0 Å². The largest absolute Gasteiger partial charge is 0.379 e. The number of hydrogen-bond acceptors (Lipinski definition) is 3. The number of carbonyl (C=O) groups is 1. The fraction of sp³-hybridized carbons (Fsp3) is 0.480. The van der Waals surface area contributed by atoms with E-state index in [1.807, 2.05) is 11.0 Å². The summed E-state index contributed by atoms with van der Waals surface area (Å²) in [5.74, 6) is 0.176. The summed E-state index contributed by atoms with van der Waals surface area (Å²) in [6, 6.07) is 17.3. The molecule has 4 rings (SSSR count). The normalized spacial score (nSPS) is 24.2. The Morgan fingerprint density at radius 2 is 1.66 bits per heavy atom. The fourth-order valence-electron chi connectivity index (χ4n) is 5.17. The van der Waals surface area contributed by atoms with Gasteiger partial charge in [0, 0.05) is 29.7 Å². The molecule has 4 nitrogen and oxygen atoms in total. The van der Waals surface area contributed by atoms with Crippen LogP contribution in [0.3, 0.4) is 0 Å².